The normalized spacial score (nSPS) is 36.6. The highest BCUT2D eigenvalue weighted by Crippen LogP contribution is 2.34. The molecule has 2 bridgehead atoms. The van der Waals surface area contributed by atoms with Crippen molar-refractivity contribution in [2.45, 2.75) is 51.4 Å². The van der Waals surface area contributed by atoms with Crippen molar-refractivity contribution >= 4 is 0 Å². The van der Waals surface area contributed by atoms with Gasteiger partial charge in [0.05, 0.1) is 12.2 Å². The van der Waals surface area contributed by atoms with Crippen LogP contribution in [0.15, 0.2) is 11.6 Å². The maximum Gasteiger partial charge on any atom is 0.0733 e. The van der Waals surface area contributed by atoms with E-state index in [0.717, 1.165) is 6.54 Å². The van der Waals surface area contributed by atoms with Crippen LogP contribution in [0.3, 0.4) is 0 Å². The Morgan fingerprint density at radius 2 is 2.31 bits per heavy atom. The summed E-state index contributed by atoms with van der Waals surface area (Å²) < 4.78 is 5.76. The molecule has 0 radical (unpaired) electrons. The molecule has 0 saturated carbocycles. The zero-order valence-corrected chi connectivity index (χ0v) is 8.55. The highest BCUT2D eigenvalue weighted by atomic mass is 16.5. The second-order valence-corrected chi connectivity index (χ2v) is 4.41. The number of hydrogen-bond donors (Lipinski definition) is 1. The summed E-state index contributed by atoms with van der Waals surface area (Å²) in [4.78, 5) is 0. The molecular formula is C11H19NO. The van der Waals surface area contributed by atoms with Gasteiger partial charge in [-0.15, -0.1) is 0 Å². The Morgan fingerprint density at radius 1 is 1.46 bits per heavy atom. The van der Waals surface area contributed by atoms with E-state index >= 15 is 0 Å². The summed E-state index contributed by atoms with van der Waals surface area (Å²) in [6.45, 7) is 5.28. The van der Waals surface area contributed by atoms with Crippen LogP contribution in [0, 0.1) is 0 Å². The van der Waals surface area contributed by atoms with Crippen molar-refractivity contribution in [1.82, 2.24) is 5.32 Å². The number of hydrogen-bond acceptors (Lipinski definition) is 2. The summed E-state index contributed by atoms with van der Waals surface area (Å²) in [7, 11) is 0. The second-order valence-electron chi connectivity index (χ2n) is 4.41. The average Bonchev–Trinajstić information content (AvgIpc) is 2.64. The summed E-state index contributed by atoms with van der Waals surface area (Å²) in [6.07, 6.45) is 7.08. The number of nitrogens with one attached hydrogen (secondary N) is 1. The molecule has 3 unspecified atom stereocenters. The first-order chi connectivity index (χ1) is 6.25. The molecule has 74 valence electrons. The molecule has 2 aliphatic heterocycles. The van der Waals surface area contributed by atoms with Gasteiger partial charge in [0.25, 0.3) is 0 Å². The average molecular weight is 181 g/mol. The van der Waals surface area contributed by atoms with Gasteiger partial charge in [-0.05, 0) is 33.1 Å². The van der Waals surface area contributed by atoms with Gasteiger partial charge >= 0.3 is 0 Å². The zero-order valence-electron chi connectivity index (χ0n) is 8.55. The van der Waals surface area contributed by atoms with Crippen molar-refractivity contribution in [1.29, 1.82) is 0 Å². The smallest absolute Gasteiger partial charge is 0.0733 e. The van der Waals surface area contributed by atoms with Gasteiger partial charge in [-0.25, -0.2) is 0 Å². The molecule has 0 amide bonds. The van der Waals surface area contributed by atoms with E-state index < -0.39 is 0 Å². The summed E-state index contributed by atoms with van der Waals surface area (Å²) in [6, 6.07) is 0.620. The molecule has 0 aliphatic carbocycles. The Hall–Kier alpha value is -0.340. The van der Waals surface area contributed by atoms with Gasteiger partial charge in [-0.1, -0.05) is 11.6 Å². The molecule has 2 saturated heterocycles. The minimum absolute atomic E-state index is 0.510. The highest BCUT2D eigenvalue weighted by Gasteiger charge is 2.39. The minimum atomic E-state index is 0.510. The molecule has 2 aliphatic rings. The quantitative estimate of drug-likeness (QED) is 0.671. The van der Waals surface area contributed by atoms with Crippen molar-refractivity contribution in [3.63, 3.8) is 0 Å². The first-order valence-corrected chi connectivity index (χ1v) is 5.28. The van der Waals surface area contributed by atoms with E-state index in [0.29, 0.717) is 18.2 Å². The van der Waals surface area contributed by atoms with Gasteiger partial charge in [0, 0.05) is 12.6 Å². The fraction of sp³-hybridized carbons (Fsp3) is 0.818. The van der Waals surface area contributed by atoms with Crippen LogP contribution in [0.25, 0.3) is 0 Å². The van der Waals surface area contributed by atoms with Crippen LogP contribution >= 0.6 is 0 Å². The molecule has 1 N–H and O–H groups in total. The summed E-state index contributed by atoms with van der Waals surface area (Å²) >= 11 is 0. The van der Waals surface area contributed by atoms with E-state index in [2.05, 4.69) is 25.2 Å². The Labute approximate surface area is 80.4 Å². The van der Waals surface area contributed by atoms with Crippen LogP contribution in [-0.4, -0.2) is 24.8 Å². The van der Waals surface area contributed by atoms with Crippen LogP contribution in [-0.2, 0) is 4.74 Å². The van der Waals surface area contributed by atoms with Crippen LogP contribution < -0.4 is 5.32 Å². The van der Waals surface area contributed by atoms with Crippen molar-refractivity contribution < 1.29 is 4.74 Å². The molecular weight excluding hydrogens is 162 g/mol. The largest absolute Gasteiger partial charge is 0.373 e. The Morgan fingerprint density at radius 3 is 2.85 bits per heavy atom. The van der Waals surface area contributed by atoms with Gasteiger partial charge in [0.2, 0.25) is 0 Å². The first-order valence-electron chi connectivity index (χ1n) is 5.28. The summed E-state index contributed by atoms with van der Waals surface area (Å²) in [5.41, 5.74) is 1.39. The molecule has 0 aromatic heterocycles. The van der Waals surface area contributed by atoms with Gasteiger partial charge < -0.3 is 10.1 Å². The number of ether oxygens (including phenoxy) is 1. The van der Waals surface area contributed by atoms with Gasteiger partial charge in [-0.3, -0.25) is 0 Å². The molecule has 0 aromatic carbocycles. The standard InChI is InChI=1S/C11H19NO/c1-8(2)5-6-12-10-7-9-3-4-11(10)13-9/h5,9-12H,3-4,6-7H2,1-2H3. The van der Waals surface area contributed by atoms with Crippen LogP contribution in [0.4, 0.5) is 0 Å². The van der Waals surface area contributed by atoms with E-state index in [1.165, 1.54) is 24.8 Å². The molecule has 0 aromatic rings. The Kier molecular flexibility index (Phi) is 2.70. The Bertz CT molecular complexity index is 208. The van der Waals surface area contributed by atoms with E-state index in [1.54, 1.807) is 0 Å². The molecule has 2 nitrogen and oxygen atoms in total. The third-order valence-corrected chi connectivity index (χ3v) is 3.00. The predicted octanol–water partition coefficient (Wildman–Crippen LogP) is 1.86. The maximum absolute atomic E-state index is 5.76. The van der Waals surface area contributed by atoms with Crippen LogP contribution in [0.1, 0.15) is 33.1 Å². The molecule has 2 rings (SSSR count). The Balaban J connectivity index is 1.74. The van der Waals surface area contributed by atoms with Crippen molar-refractivity contribution in [2.75, 3.05) is 6.54 Å². The number of allylic oxidation sites excluding steroid dienone is 1. The van der Waals surface area contributed by atoms with Gasteiger partial charge in [0.15, 0.2) is 0 Å². The van der Waals surface area contributed by atoms with E-state index in [4.69, 9.17) is 4.74 Å². The molecule has 2 heteroatoms. The van der Waals surface area contributed by atoms with E-state index in [1.807, 2.05) is 0 Å². The third-order valence-electron chi connectivity index (χ3n) is 3.00. The highest BCUT2D eigenvalue weighted by molar-refractivity contribution is 4.98. The molecule has 3 atom stereocenters. The lowest BCUT2D eigenvalue weighted by Crippen LogP contribution is -2.37. The lowest BCUT2D eigenvalue weighted by molar-refractivity contribution is 0.0978. The van der Waals surface area contributed by atoms with Gasteiger partial charge in [0.1, 0.15) is 0 Å². The number of rotatable bonds is 3. The van der Waals surface area contributed by atoms with Crippen molar-refractivity contribution in [3.8, 4) is 0 Å². The van der Waals surface area contributed by atoms with E-state index in [-0.39, 0.29) is 0 Å². The predicted molar refractivity (Wildman–Crippen MR) is 53.7 cm³/mol. The van der Waals surface area contributed by atoms with Crippen molar-refractivity contribution in [2.24, 2.45) is 0 Å². The second kappa shape index (κ2) is 3.81. The fourth-order valence-electron chi connectivity index (χ4n) is 2.27. The molecule has 2 fully saturated rings. The van der Waals surface area contributed by atoms with Crippen molar-refractivity contribution in [3.05, 3.63) is 11.6 Å². The van der Waals surface area contributed by atoms with Crippen LogP contribution in [0.5, 0.6) is 0 Å². The minimum Gasteiger partial charge on any atom is -0.373 e. The maximum atomic E-state index is 5.76. The molecule has 13 heavy (non-hydrogen) atoms. The zero-order chi connectivity index (χ0) is 9.26. The summed E-state index contributed by atoms with van der Waals surface area (Å²) in [5, 5.41) is 3.54. The lowest BCUT2D eigenvalue weighted by atomic mass is 9.95. The first kappa shape index (κ1) is 9.22. The lowest BCUT2D eigenvalue weighted by Gasteiger charge is -2.19. The number of fused-ring (bicyclic) bond motifs is 2. The van der Waals surface area contributed by atoms with Gasteiger partial charge in [-0.2, -0.15) is 0 Å². The topological polar surface area (TPSA) is 21.3 Å². The molecule has 2 heterocycles. The monoisotopic (exact) mass is 181 g/mol. The fourth-order valence-corrected chi connectivity index (χ4v) is 2.27. The summed E-state index contributed by atoms with van der Waals surface area (Å²) in [5.74, 6) is 0. The third kappa shape index (κ3) is 2.12. The molecule has 0 spiro atoms. The van der Waals surface area contributed by atoms with E-state index in [9.17, 15) is 0 Å². The van der Waals surface area contributed by atoms with Crippen LogP contribution in [0.2, 0.25) is 0 Å². The SMILES string of the molecule is CC(C)=CCNC1CC2CCC1O2.